The topological polar surface area (TPSA) is 62.4 Å². The van der Waals surface area contributed by atoms with E-state index in [9.17, 15) is 9.59 Å². The molecule has 5 heteroatoms. The summed E-state index contributed by atoms with van der Waals surface area (Å²) in [5, 5.41) is 0. The lowest BCUT2D eigenvalue weighted by Gasteiger charge is -2.15. The number of hydrogen-bond acceptors (Lipinski definition) is 3. The van der Waals surface area contributed by atoms with Crippen LogP contribution in [-0.2, 0) is 16.0 Å². The number of aromatic nitrogens is 1. The van der Waals surface area contributed by atoms with Gasteiger partial charge in [0.15, 0.2) is 0 Å². The Balaban J connectivity index is 1.87. The van der Waals surface area contributed by atoms with Gasteiger partial charge >= 0.3 is 0 Å². The van der Waals surface area contributed by atoms with Crippen LogP contribution in [0.4, 0.5) is 0 Å². The van der Waals surface area contributed by atoms with E-state index >= 15 is 0 Å². The van der Waals surface area contributed by atoms with Crippen molar-refractivity contribution in [3.05, 3.63) is 34.2 Å². The van der Waals surface area contributed by atoms with Crippen molar-refractivity contribution in [2.24, 2.45) is 5.92 Å². The molecule has 1 aliphatic rings. The van der Waals surface area contributed by atoms with Crippen LogP contribution in [0.15, 0.2) is 23.1 Å². The van der Waals surface area contributed by atoms with Crippen molar-refractivity contribution in [2.45, 2.75) is 12.8 Å². The lowest BCUT2D eigenvalue weighted by atomic mass is 10.0. The first kappa shape index (κ1) is 12.8. The van der Waals surface area contributed by atoms with Crippen LogP contribution in [0.1, 0.15) is 12.0 Å². The van der Waals surface area contributed by atoms with Crippen LogP contribution in [0.2, 0.25) is 0 Å². The number of likely N-dealkylation sites (tertiary alicyclic amines) is 1. The van der Waals surface area contributed by atoms with E-state index in [2.05, 4.69) is 4.98 Å². The first-order valence-corrected chi connectivity index (χ1v) is 6.13. The molecule has 18 heavy (non-hydrogen) atoms. The molecule has 0 radical (unpaired) electrons. The second-order valence-corrected chi connectivity index (χ2v) is 4.69. The molecule has 1 saturated heterocycles. The third-order valence-electron chi connectivity index (χ3n) is 3.28. The Morgan fingerprint density at radius 1 is 1.56 bits per heavy atom. The molecule has 2 heterocycles. The first-order valence-electron chi connectivity index (χ1n) is 6.13. The van der Waals surface area contributed by atoms with Crippen molar-refractivity contribution in [2.75, 3.05) is 26.8 Å². The number of carbonyl (C=O) groups excluding carboxylic acids is 1. The number of nitrogens with one attached hydrogen (secondary N) is 1. The second-order valence-electron chi connectivity index (χ2n) is 4.69. The molecule has 2 rings (SSSR count). The third kappa shape index (κ3) is 3.20. The first-order chi connectivity index (χ1) is 8.69. The molecule has 0 spiro atoms. The average molecular weight is 250 g/mol. The minimum absolute atomic E-state index is 0.0569. The Labute approximate surface area is 106 Å². The van der Waals surface area contributed by atoms with E-state index in [4.69, 9.17) is 4.74 Å². The fourth-order valence-electron chi connectivity index (χ4n) is 2.34. The van der Waals surface area contributed by atoms with Crippen LogP contribution in [-0.4, -0.2) is 42.6 Å². The van der Waals surface area contributed by atoms with E-state index in [-0.39, 0.29) is 18.1 Å². The molecule has 1 aromatic heterocycles. The predicted octanol–water partition coefficient (Wildman–Crippen LogP) is 0.412. The van der Waals surface area contributed by atoms with Gasteiger partial charge in [-0.05, 0) is 24.3 Å². The third-order valence-corrected chi connectivity index (χ3v) is 3.28. The molecule has 1 atom stereocenters. The van der Waals surface area contributed by atoms with E-state index in [0.717, 1.165) is 31.5 Å². The molecule has 1 aromatic rings. The highest BCUT2D eigenvalue weighted by Gasteiger charge is 2.25. The minimum atomic E-state index is -0.0814. The maximum Gasteiger partial charge on any atom is 0.248 e. The Kier molecular flexibility index (Phi) is 4.15. The fraction of sp³-hybridized carbons (Fsp3) is 0.538. The van der Waals surface area contributed by atoms with Crippen molar-refractivity contribution in [3.8, 4) is 0 Å². The van der Waals surface area contributed by atoms with Crippen molar-refractivity contribution in [3.63, 3.8) is 0 Å². The Bertz CT molecular complexity index is 449. The summed E-state index contributed by atoms with van der Waals surface area (Å²) in [7, 11) is 1.53. The van der Waals surface area contributed by atoms with Crippen LogP contribution < -0.4 is 5.56 Å². The molecule has 1 aliphatic heterocycles. The highest BCUT2D eigenvalue weighted by atomic mass is 16.5. The van der Waals surface area contributed by atoms with Crippen LogP contribution in [0.25, 0.3) is 0 Å². The zero-order valence-electron chi connectivity index (χ0n) is 10.5. The summed E-state index contributed by atoms with van der Waals surface area (Å²) in [5.74, 6) is 0.526. The van der Waals surface area contributed by atoms with Gasteiger partial charge in [-0.1, -0.05) is 6.07 Å². The summed E-state index contributed by atoms with van der Waals surface area (Å²) < 4.78 is 4.85. The highest BCUT2D eigenvalue weighted by molar-refractivity contribution is 5.77. The molecule has 0 saturated carbocycles. The van der Waals surface area contributed by atoms with Gasteiger partial charge in [0.05, 0.1) is 0 Å². The Morgan fingerprint density at radius 2 is 2.39 bits per heavy atom. The smallest absolute Gasteiger partial charge is 0.248 e. The number of methoxy groups -OCH3 is 1. The minimum Gasteiger partial charge on any atom is -0.375 e. The number of pyridine rings is 1. The molecular formula is C13H18N2O3. The van der Waals surface area contributed by atoms with Crippen LogP contribution in [0.3, 0.4) is 0 Å². The quantitative estimate of drug-likeness (QED) is 0.842. The molecule has 98 valence electrons. The van der Waals surface area contributed by atoms with Gasteiger partial charge in [0.1, 0.15) is 6.61 Å². The largest absolute Gasteiger partial charge is 0.375 e. The van der Waals surface area contributed by atoms with E-state index < -0.39 is 0 Å². The molecule has 1 N–H and O–H groups in total. The maximum atomic E-state index is 11.6. The van der Waals surface area contributed by atoms with Crippen molar-refractivity contribution in [1.29, 1.82) is 0 Å². The van der Waals surface area contributed by atoms with Gasteiger partial charge in [-0.2, -0.15) is 0 Å². The number of carbonyl (C=O) groups is 1. The van der Waals surface area contributed by atoms with Crippen LogP contribution in [0, 0.1) is 5.92 Å². The lowest BCUT2D eigenvalue weighted by molar-refractivity contribution is -0.134. The maximum absolute atomic E-state index is 11.6. The average Bonchev–Trinajstić information content (AvgIpc) is 2.81. The van der Waals surface area contributed by atoms with Gasteiger partial charge in [0.2, 0.25) is 11.5 Å². The van der Waals surface area contributed by atoms with E-state index in [0.29, 0.717) is 5.92 Å². The summed E-state index contributed by atoms with van der Waals surface area (Å²) in [6, 6.07) is 3.39. The summed E-state index contributed by atoms with van der Waals surface area (Å²) in [6.45, 7) is 1.74. The molecule has 0 aliphatic carbocycles. The van der Waals surface area contributed by atoms with Crippen molar-refractivity contribution >= 4 is 5.91 Å². The lowest BCUT2D eigenvalue weighted by Crippen LogP contribution is -2.31. The molecule has 1 unspecified atom stereocenters. The van der Waals surface area contributed by atoms with Gasteiger partial charge < -0.3 is 14.6 Å². The number of H-pyrrole nitrogens is 1. The summed E-state index contributed by atoms with van der Waals surface area (Å²) in [6.07, 6.45) is 3.66. The van der Waals surface area contributed by atoms with Crippen molar-refractivity contribution in [1.82, 2.24) is 9.88 Å². The number of rotatable bonds is 4. The normalized spacial score (nSPS) is 19.2. The highest BCUT2D eigenvalue weighted by Crippen LogP contribution is 2.20. The van der Waals surface area contributed by atoms with E-state index in [1.54, 1.807) is 6.20 Å². The predicted molar refractivity (Wildman–Crippen MR) is 67.3 cm³/mol. The Hall–Kier alpha value is -1.62. The summed E-state index contributed by atoms with van der Waals surface area (Å²) >= 11 is 0. The molecule has 5 nitrogen and oxygen atoms in total. The van der Waals surface area contributed by atoms with Crippen molar-refractivity contribution < 1.29 is 9.53 Å². The zero-order chi connectivity index (χ0) is 13.0. The fourth-order valence-corrected chi connectivity index (χ4v) is 2.34. The second kappa shape index (κ2) is 5.82. The number of ether oxygens (including phenoxy) is 1. The number of amides is 1. The van der Waals surface area contributed by atoms with Gasteiger partial charge in [0.25, 0.3) is 0 Å². The summed E-state index contributed by atoms with van der Waals surface area (Å²) in [5.41, 5.74) is 1.03. The molecule has 0 aromatic carbocycles. The van der Waals surface area contributed by atoms with Gasteiger partial charge in [-0.25, -0.2) is 0 Å². The van der Waals surface area contributed by atoms with Gasteiger partial charge in [-0.15, -0.1) is 0 Å². The Morgan fingerprint density at radius 3 is 3.06 bits per heavy atom. The number of hydrogen-bond donors (Lipinski definition) is 1. The van der Waals surface area contributed by atoms with Crippen LogP contribution >= 0.6 is 0 Å². The number of aromatic amines is 1. The van der Waals surface area contributed by atoms with E-state index in [1.807, 2.05) is 11.0 Å². The van der Waals surface area contributed by atoms with Gasteiger partial charge in [0, 0.05) is 32.5 Å². The van der Waals surface area contributed by atoms with E-state index in [1.165, 1.54) is 13.2 Å². The molecule has 1 fully saturated rings. The summed E-state index contributed by atoms with van der Waals surface area (Å²) in [4.78, 5) is 27.1. The van der Waals surface area contributed by atoms with Gasteiger partial charge in [-0.3, -0.25) is 9.59 Å². The number of nitrogens with zero attached hydrogens (tertiary/aromatic N) is 1. The van der Waals surface area contributed by atoms with Crippen LogP contribution in [0.5, 0.6) is 0 Å². The molecule has 0 bridgehead atoms. The standard InChI is InChI=1S/C13H18N2O3/c1-18-9-13(17)15-5-4-11(8-15)6-10-2-3-12(16)14-7-10/h2-3,7,11H,4-6,8-9H2,1H3,(H,14,16). The SMILES string of the molecule is COCC(=O)N1CCC(Cc2ccc(=O)[nH]c2)C1. The monoisotopic (exact) mass is 250 g/mol. The molecule has 1 amide bonds. The molecular weight excluding hydrogens is 232 g/mol. The zero-order valence-corrected chi connectivity index (χ0v) is 10.5.